The van der Waals surface area contributed by atoms with Crippen molar-refractivity contribution in [2.24, 2.45) is 0 Å². The van der Waals surface area contributed by atoms with Crippen LogP contribution in [0.1, 0.15) is 15.9 Å². The summed E-state index contributed by atoms with van der Waals surface area (Å²) in [5, 5.41) is 2.93. The molecule has 4 heterocycles. The molecule has 1 saturated heterocycles. The van der Waals surface area contributed by atoms with Crippen molar-refractivity contribution < 1.29 is 9.59 Å². The van der Waals surface area contributed by atoms with Crippen molar-refractivity contribution in [1.29, 1.82) is 0 Å². The molecule has 5 rings (SSSR count). The highest BCUT2D eigenvalue weighted by molar-refractivity contribution is 6.08. The van der Waals surface area contributed by atoms with Gasteiger partial charge in [-0.3, -0.25) is 14.6 Å². The molecule has 0 saturated carbocycles. The molecule has 2 aliphatic heterocycles. The number of carbonyl (C=O) groups excluding carboxylic acids is 2. The maximum Gasteiger partial charge on any atom is 0.257 e. The van der Waals surface area contributed by atoms with Gasteiger partial charge >= 0.3 is 0 Å². The number of piperazine rings is 1. The fourth-order valence-electron chi connectivity index (χ4n) is 4.46. The summed E-state index contributed by atoms with van der Waals surface area (Å²) < 4.78 is 0. The standard InChI is InChI=1S/C25H26N6O2/c32-23(18-31-13-9-19-4-3-10-27-24(19)31)30-16-14-29(15-17-30)22-6-2-1-5-21(22)25(33)28-20-7-11-26-12-8-20/h1-8,10-12H,9,13-18H2,(H,26,28,33). The van der Waals surface area contributed by atoms with Crippen molar-refractivity contribution in [3.05, 3.63) is 78.2 Å². The van der Waals surface area contributed by atoms with E-state index in [2.05, 4.69) is 31.2 Å². The first-order chi connectivity index (χ1) is 16.2. The number of carbonyl (C=O) groups is 2. The first kappa shape index (κ1) is 20.9. The van der Waals surface area contributed by atoms with Gasteiger partial charge in [0.05, 0.1) is 12.1 Å². The third-order valence-corrected chi connectivity index (χ3v) is 6.20. The van der Waals surface area contributed by atoms with Gasteiger partial charge in [-0.2, -0.15) is 0 Å². The van der Waals surface area contributed by atoms with Crippen molar-refractivity contribution >= 4 is 29.0 Å². The third kappa shape index (κ3) is 4.50. The monoisotopic (exact) mass is 442 g/mol. The Balaban J connectivity index is 1.21. The Morgan fingerprint density at radius 1 is 0.879 bits per heavy atom. The average Bonchev–Trinajstić information content (AvgIpc) is 3.27. The quantitative estimate of drug-likeness (QED) is 0.654. The van der Waals surface area contributed by atoms with Gasteiger partial charge in [-0.05, 0) is 42.3 Å². The highest BCUT2D eigenvalue weighted by atomic mass is 16.2. The molecule has 2 amide bonds. The zero-order valence-electron chi connectivity index (χ0n) is 18.4. The number of para-hydroxylation sites is 1. The second-order valence-electron chi connectivity index (χ2n) is 8.23. The predicted molar refractivity (Wildman–Crippen MR) is 128 cm³/mol. The minimum absolute atomic E-state index is 0.122. The average molecular weight is 443 g/mol. The van der Waals surface area contributed by atoms with Crippen molar-refractivity contribution in [2.75, 3.05) is 54.4 Å². The fraction of sp³-hybridized carbons (Fsp3) is 0.280. The van der Waals surface area contributed by atoms with E-state index in [0.29, 0.717) is 44.0 Å². The number of hydrogen-bond donors (Lipinski definition) is 1. The van der Waals surface area contributed by atoms with E-state index in [1.165, 1.54) is 5.56 Å². The molecule has 0 radical (unpaired) electrons. The van der Waals surface area contributed by atoms with Crippen LogP contribution in [0.15, 0.2) is 67.1 Å². The summed E-state index contributed by atoms with van der Waals surface area (Å²) in [4.78, 5) is 40.5. The van der Waals surface area contributed by atoms with Crippen LogP contribution < -0.4 is 15.1 Å². The van der Waals surface area contributed by atoms with Gasteiger partial charge in [0, 0.05) is 62.7 Å². The Hall–Kier alpha value is -3.94. The highest BCUT2D eigenvalue weighted by Gasteiger charge is 2.27. The van der Waals surface area contributed by atoms with E-state index in [0.717, 1.165) is 24.5 Å². The molecule has 0 unspecified atom stereocenters. The normalized spacial score (nSPS) is 15.3. The lowest BCUT2D eigenvalue weighted by Crippen LogP contribution is -2.51. The summed E-state index contributed by atoms with van der Waals surface area (Å²) in [5.74, 6) is 0.894. The Morgan fingerprint density at radius 2 is 1.67 bits per heavy atom. The van der Waals surface area contributed by atoms with E-state index in [1.54, 1.807) is 30.7 Å². The van der Waals surface area contributed by atoms with E-state index in [1.807, 2.05) is 35.2 Å². The SMILES string of the molecule is O=C(Nc1ccncc1)c1ccccc1N1CCN(C(=O)CN2CCc3cccnc32)CC1. The Kier molecular flexibility index (Phi) is 5.89. The van der Waals surface area contributed by atoms with E-state index in [9.17, 15) is 9.59 Å². The van der Waals surface area contributed by atoms with Gasteiger partial charge in [0.1, 0.15) is 5.82 Å². The molecule has 0 bridgehead atoms. The van der Waals surface area contributed by atoms with E-state index in [-0.39, 0.29) is 11.8 Å². The van der Waals surface area contributed by atoms with E-state index in [4.69, 9.17) is 0 Å². The Morgan fingerprint density at radius 3 is 2.48 bits per heavy atom. The second-order valence-corrected chi connectivity index (χ2v) is 8.23. The first-order valence-electron chi connectivity index (χ1n) is 11.2. The van der Waals surface area contributed by atoms with Gasteiger partial charge in [-0.25, -0.2) is 4.98 Å². The van der Waals surface area contributed by atoms with Crippen molar-refractivity contribution in [1.82, 2.24) is 14.9 Å². The van der Waals surface area contributed by atoms with Gasteiger partial charge in [0.25, 0.3) is 5.91 Å². The molecule has 0 aliphatic carbocycles. The molecule has 0 atom stereocenters. The molecule has 1 N–H and O–H groups in total. The highest BCUT2D eigenvalue weighted by Crippen LogP contribution is 2.26. The van der Waals surface area contributed by atoms with Gasteiger partial charge in [0.15, 0.2) is 0 Å². The number of fused-ring (bicyclic) bond motifs is 1. The van der Waals surface area contributed by atoms with E-state index >= 15 is 0 Å². The molecular weight excluding hydrogens is 416 g/mol. The third-order valence-electron chi connectivity index (χ3n) is 6.20. The van der Waals surface area contributed by atoms with Crippen LogP contribution in [0.3, 0.4) is 0 Å². The van der Waals surface area contributed by atoms with Crippen molar-refractivity contribution in [3.63, 3.8) is 0 Å². The fourth-order valence-corrected chi connectivity index (χ4v) is 4.46. The molecule has 2 aromatic heterocycles. The minimum Gasteiger partial charge on any atom is -0.367 e. The topological polar surface area (TPSA) is 81.7 Å². The number of anilines is 3. The number of hydrogen-bond acceptors (Lipinski definition) is 6. The van der Waals surface area contributed by atoms with Crippen molar-refractivity contribution in [3.8, 4) is 0 Å². The number of pyridine rings is 2. The molecule has 1 fully saturated rings. The maximum absolute atomic E-state index is 13.0. The van der Waals surface area contributed by atoms with Crippen LogP contribution in [0.5, 0.6) is 0 Å². The summed E-state index contributed by atoms with van der Waals surface area (Å²) in [7, 11) is 0. The lowest BCUT2D eigenvalue weighted by atomic mass is 10.1. The van der Waals surface area contributed by atoms with E-state index < -0.39 is 0 Å². The number of benzene rings is 1. The summed E-state index contributed by atoms with van der Waals surface area (Å²) in [6.07, 6.45) is 6.01. The van der Waals surface area contributed by atoms with Crippen LogP contribution in [-0.4, -0.2) is 66.0 Å². The molecule has 3 aromatic rings. The number of nitrogens with zero attached hydrogens (tertiary/aromatic N) is 5. The zero-order valence-corrected chi connectivity index (χ0v) is 18.4. The molecule has 8 heteroatoms. The van der Waals surface area contributed by atoms with Crippen LogP contribution in [0.25, 0.3) is 0 Å². The molecule has 168 valence electrons. The largest absolute Gasteiger partial charge is 0.367 e. The predicted octanol–water partition coefficient (Wildman–Crippen LogP) is 2.44. The van der Waals surface area contributed by atoms with Crippen molar-refractivity contribution in [2.45, 2.75) is 6.42 Å². The van der Waals surface area contributed by atoms with Gasteiger partial charge in [-0.15, -0.1) is 0 Å². The molecule has 8 nitrogen and oxygen atoms in total. The summed E-state index contributed by atoms with van der Waals surface area (Å²) in [5.41, 5.74) is 3.41. The second kappa shape index (κ2) is 9.28. The zero-order chi connectivity index (χ0) is 22.6. The van der Waals surface area contributed by atoms with Gasteiger partial charge < -0.3 is 20.0 Å². The van der Waals surface area contributed by atoms with Crippen LogP contribution in [0, 0.1) is 0 Å². The lowest BCUT2D eigenvalue weighted by Gasteiger charge is -2.37. The maximum atomic E-state index is 13.0. The van der Waals surface area contributed by atoms with Gasteiger partial charge in [0.2, 0.25) is 5.91 Å². The lowest BCUT2D eigenvalue weighted by molar-refractivity contribution is -0.130. The van der Waals surface area contributed by atoms with Crippen LogP contribution in [-0.2, 0) is 11.2 Å². The number of rotatable bonds is 5. The molecule has 33 heavy (non-hydrogen) atoms. The van der Waals surface area contributed by atoms with Gasteiger partial charge in [-0.1, -0.05) is 18.2 Å². The summed E-state index contributed by atoms with van der Waals surface area (Å²) in [6, 6.07) is 15.2. The molecular formula is C25H26N6O2. The van der Waals surface area contributed by atoms with Crippen LogP contribution in [0.2, 0.25) is 0 Å². The number of amides is 2. The number of aromatic nitrogens is 2. The Bertz CT molecular complexity index is 1140. The summed E-state index contributed by atoms with van der Waals surface area (Å²) in [6.45, 7) is 3.80. The molecule has 0 spiro atoms. The number of nitrogens with one attached hydrogen (secondary N) is 1. The van der Waals surface area contributed by atoms with Crippen LogP contribution in [0.4, 0.5) is 17.2 Å². The first-order valence-corrected chi connectivity index (χ1v) is 11.2. The summed E-state index contributed by atoms with van der Waals surface area (Å²) >= 11 is 0. The minimum atomic E-state index is -0.157. The smallest absolute Gasteiger partial charge is 0.257 e. The Labute approximate surface area is 192 Å². The van der Waals surface area contributed by atoms with Crippen LogP contribution >= 0.6 is 0 Å². The molecule has 1 aromatic carbocycles. The molecule has 2 aliphatic rings.